The first kappa shape index (κ1) is 10.5. The van der Waals surface area contributed by atoms with E-state index in [1.165, 1.54) is 24.3 Å². The highest BCUT2D eigenvalue weighted by atomic mass is 32.2. The molecular weight excluding hydrogens is 488 g/mol. The van der Waals surface area contributed by atoms with Gasteiger partial charge in [0, 0.05) is 61.2 Å². The average molecular weight is 547 g/mol. The Kier molecular flexibility index (Phi) is 3.25. The maximum atomic E-state index is 13.3. The number of nitrogens with one attached hydrogen (secondary N) is 3. The van der Waals surface area contributed by atoms with E-state index >= 15 is 0 Å². The van der Waals surface area contributed by atoms with Gasteiger partial charge in [-0.2, -0.15) is 4.98 Å². The first-order valence-corrected chi connectivity index (χ1v) is 11.8. The van der Waals surface area contributed by atoms with Crippen molar-refractivity contribution in [1.82, 2.24) is 19.6 Å². The minimum absolute atomic E-state index is 0.0623. The zero-order valence-corrected chi connectivity index (χ0v) is 19.9. The van der Waals surface area contributed by atoms with E-state index in [9.17, 15) is 8.42 Å². The van der Waals surface area contributed by atoms with Gasteiger partial charge >= 0.3 is 0 Å². The maximum absolute atomic E-state index is 13.3. The summed E-state index contributed by atoms with van der Waals surface area (Å²) in [6.45, 7) is -23.9. The molecule has 0 spiro atoms. The normalized spacial score (nSPS) is 30.5. The SMILES string of the molecule is [2H]c1nc(Nc2ccc(OC([2H])([2H])C([2H])([2H])N3C([2H])([2H])C([2H])([2H])C([2H])([2H])C3([2H])[2H])cc2)nc(Nc2cccc(S(=O)(=O)NC(C)(C([2H])([2H])[2H])C([2H])([2H])[2H])c2)c1C([2H])([2H])[2H]. The molecule has 1 aliphatic heterocycles. The fraction of sp³-hybridized carbons (Fsp3) is 0.407. The van der Waals surface area contributed by atoms with Crippen molar-refractivity contribution in [1.29, 1.82) is 0 Å². The Morgan fingerprint density at radius 3 is 2.68 bits per heavy atom. The molecule has 0 unspecified atom stereocenters. The number of ether oxygens (including phenoxy) is 1. The standard InChI is InChI=1S/C27H36N6O3S/c1-20-19-28-26(30-21-10-12-23(13-11-21)36-17-16-33-14-5-6-15-33)31-25(20)29-22-8-7-9-24(18-22)37(34,35)32-27(2,3)4/h7-13,18-19,32H,5-6,14-17H2,1-4H3,(H2,28,29,30,31)/i1D3,2D3,3D3,5D2,6D2,14D2,15D2,16D2,17D2,19D. The van der Waals surface area contributed by atoms with Gasteiger partial charge in [0.05, 0.1) is 9.01 Å². The Labute approximate surface area is 250 Å². The molecule has 1 saturated heterocycles. The Hall–Kier alpha value is -3.21. The van der Waals surface area contributed by atoms with Crippen LogP contribution in [0.4, 0.5) is 23.1 Å². The molecule has 0 atom stereocenters. The largest absolute Gasteiger partial charge is 0.492 e. The van der Waals surface area contributed by atoms with Crippen LogP contribution in [0, 0.1) is 6.85 Å². The number of nitrogens with zero attached hydrogens (tertiary/aromatic N) is 3. The van der Waals surface area contributed by atoms with Crippen LogP contribution in [-0.4, -0.2) is 54.9 Å². The van der Waals surface area contributed by atoms with Crippen molar-refractivity contribution in [2.45, 2.75) is 50.7 Å². The van der Waals surface area contributed by atoms with E-state index in [-0.39, 0.29) is 11.4 Å². The lowest BCUT2D eigenvalue weighted by Crippen LogP contribution is -2.40. The molecule has 0 bridgehead atoms. The molecule has 0 radical (unpaired) electrons. The van der Waals surface area contributed by atoms with Crippen molar-refractivity contribution in [2.24, 2.45) is 0 Å². The van der Waals surface area contributed by atoms with Crippen LogP contribution in [-0.2, 0) is 10.0 Å². The molecule has 1 aliphatic rings. The zero-order valence-electron chi connectivity index (χ0n) is 41.1. The number of hydrogen-bond acceptors (Lipinski definition) is 8. The molecule has 2 heterocycles. The lowest BCUT2D eigenvalue weighted by Gasteiger charge is -2.20. The number of rotatable bonds is 10. The fourth-order valence-electron chi connectivity index (χ4n) is 2.81. The van der Waals surface area contributed by atoms with Gasteiger partial charge in [0.2, 0.25) is 16.0 Å². The quantitative estimate of drug-likeness (QED) is 0.332. The third kappa shape index (κ3) is 7.88. The summed E-state index contributed by atoms with van der Waals surface area (Å²) in [6, 6.07) is 8.80. The van der Waals surface area contributed by atoms with E-state index in [0.717, 1.165) is 24.3 Å². The van der Waals surface area contributed by atoms with Gasteiger partial charge in [-0.15, -0.1) is 0 Å². The van der Waals surface area contributed by atoms with E-state index < -0.39 is 114 Å². The lowest BCUT2D eigenvalue weighted by molar-refractivity contribution is 0.238. The van der Waals surface area contributed by atoms with Crippen LogP contribution in [0.5, 0.6) is 5.75 Å². The number of aromatic nitrogens is 2. The smallest absolute Gasteiger partial charge is 0.241 e. The molecular formula is C27H36N6O3S. The summed E-state index contributed by atoms with van der Waals surface area (Å²) < 4.78 is 209. The van der Waals surface area contributed by atoms with E-state index in [2.05, 4.69) is 20.6 Å². The molecule has 0 saturated carbocycles. The third-order valence-corrected chi connectivity index (χ3v) is 5.86. The number of benzene rings is 2. The first-order valence-electron chi connectivity index (χ1n) is 21.4. The molecule has 10 heteroatoms. The van der Waals surface area contributed by atoms with Gasteiger partial charge in [0.25, 0.3) is 0 Å². The van der Waals surface area contributed by atoms with Gasteiger partial charge in [0.15, 0.2) is 0 Å². The Morgan fingerprint density at radius 2 is 1.95 bits per heavy atom. The van der Waals surface area contributed by atoms with Crippen LogP contribution in [0.25, 0.3) is 0 Å². The number of anilines is 4. The van der Waals surface area contributed by atoms with Crippen LogP contribution in [0.15, 0.2) is 59.6 Å². The van der Waals surface area contributed by atoms with Crippen LogP contribution < -0.4 is 20.1 Å². The molecule has 37 heavy (non-hydrogen) atoms. The van der Waals surface area contributed by atoms with Crippen molar-refractivity contribution in [3.8, 4) is 5.75 Å². The van der Waals surface area contributed by atoms with Gasteiger partial charge in [-0.25, -0.2) is 18.1 Å². The average Bonchev–Trinajstić information content (AvgIpc) is 3.10. The number of likely N-dealkylation sites (tertiary alicyclic amines) is 1. The molecule has 1 aromatic heterocycles. The highest BCUT2D eigenvalue weighted by Crippen LogP contribution is 2.24. The van der Waals surface area contributed by atoms with E-state index in [1.807, 2.05) is 0 Å². The minimum Gasteiger partial charge on any atom is -0.492 e. The summed E-state index contributed by atoms with van der Waals surface area (Å²) in [4.78, 5) is 6.80. The molecule has 0 aliphatic carbocycles. The van der Waals surface area contributed by atoms with Crippen molar-refractivity contribution in [2.75, 3.05) is 36.7 Å². The summed E-state index contributed by atoms with van der Waals surface area (Å²) in [6.07, 6.45) is -8.14. The summed E-state index contributed by atoms with van der Waals surface area (Å²) in [5, 5.41) is 5.24. The van der Waals surface area contributed by atoms with Gasteiger partial charge in [-0.05, 0) is 95.7 Å². The van der Waals surface area contributed by atoms with Crippen LogP contribution in [0.3, 0.4) is 0 Å². The topological polar surface area (TPSA) is 108 Å². The van der Waals surface area contributed by atoms with Crippen molar-refractivity contribution in [3.05, 3.63) is 60.3 Å². The molecule has 0 amide bonds. The molecule has 198 valence electrons. The second-order valence-electron chi connectivity index (χ2n) is 7.54. The van der Waals surface area contributed by atoms with Gasteiger partial charge in [-0.3, -0.25) is 4.90 Å². The van der Waals surface area contributed by atoms with Crippen molar-refractivity contribution < 1.29 is 43.3 Å². The predicted molar refractivity (Wildman–Crippen MR) is 147 cm³/mol. The summed E-state index contributed by atoms with van der Waals surface area (Å²) in [5.74, 6) is -1.40. The molecule has 2 aromatic carbocycles. The first-order chi connectivity index (χ1) is 26.2. The van der Waals surface area contributed by atoms with E-state index in [1.54, 1.807) is 4.72 Å². The lowest BCUT2D eigenvalue weighted by atomic mass is 10.1. The molecule has 4 rings (SSSR count). The highest BCUT2D eigenvalue weighted by molar-refractivity contribution is 7.89. The summed E-state index contributed by atoms with van der Waals surface area (Å²) in [5.41, 5.74) is -3.74. The minimum atomic E-state index is -4.87. The fourth-order valence-corrected chi connectivity index (χ4v) is 4.01. The Balaban J connectivity index is 1.63. The molecule has 9 nitrogen and oxygen atoms in total. The van der Waals surface area contributed by atoms with Crippen LogP contribution >= 0.6 is 0 Å². The monoisotopic (exact) mass is 546 g/mol. The van der Waals surface area contributed by atoms with Crippen molar-refractivity contribution in [3.63, 3.8) is 0 Å². The van der Waals surface area contributed by atoms with Gasteiger partial charge in [-0.1, -0.05) is 6.07 Å². The van der Waals surface area contributed by atoms with E-state index in [0.29, 0.717) is 6.92 Å². The summed E-state index contributed by atoms with van der Waals surface area (Å²) >= 11 is 0. The number of hydrogen-bond donors (Lipinski definition) is 3. The zero-order chi connectivity index (χ0) is 45.6. The molecule has 3 aromatic rings. The number of sulfonamides is 1. The van der Waals surface area contributed by atoms with E-state index in [4.69, 9.17) is 34.9 Å². The second-order valence-corrected chi connectivity index (χ2v) is 9.22. The predicted octanol–water partition coefficient (Wildman–Crippen LogP) is 4.82. The second kappa shape index (κ2) is 11.5. The molecule has 3 N–H and O–H groups in total. The van der Waals surface area contributed by atoms with Crippen molar-refractivity contribution >= 4 is 33.2 Å². The van der Waals surface area contributed by atoms with Crippen LogP contribution in [0.2, 0.25) is 0 Å². The summed E-state index contributed by atoms with van der Waals surface area (Å²) in [7, 11) is -4.87. The Morgan fingerprint density at radius 1 is 1.16 bits per heavy atom. The van der Waals surface area contributed by atoms with Gasteiger partial charge in [0.1, 0.15) is 18.1 Å². The maximum Gasteiger partial charge on any atom is 0.241 e. The molecule has 1 fully saturated rings. The third-order valence-electron chi connectivity index (χ3n) is 4.31. The van der Waals surface area contributed by atoms with Crippen LogP contribution in [0.1, 0.15) is 69.1 Å². The van der Waals surface area contributed by atoms with Gasteiger partial charge < -0.3 is 15.4 Å². The highest BCUT2D eigenvalue weighted by Gasteiger charge is 2.22. The Bertz CT molecular complexity index is 2140.